The van der Waals surface area contributed by atoms with E-state index in [1.54, 1.807) is 12.1 Å². The summed E-state index contributed by atoms with van der Waals surface area (Å²) >= 11 is 0. The van der Waals surface area contributed by atoms with Crippen molar-refractivity contribution in [3.05, 3.63) is 35.6 Å². The van der Waals surface area contributed by atoms with Crippen LogP contribution in [0.25, 0.3) is 0 Å². The third-order valence-corrected chi connectivity index (χ3v) is 6.86. The summed E-state index contributed by atoms with van der Waals surface area (Å²) in [6, 6.07) is 6.66. The van der Waals surface area contributed by atoms with Crippen LogP contribution in [0.15, 0.2) is 24.3 Å². The fourth-order valence-electron chi connectivity index (χ4n) is 5.00. The maximum atomic E-state index is 13.4. The number of nitrogens with zero attached hydrogens (tertiary/aromatic N) is 4. The molecule has 0 aromatic heterocycles. The highest BCUT2D eigenvalue weighted by molar-refractivity contribution is 5.84. The average molecular weight is 445 g/mol. The van der Waals surface area contributed by atoms with Gasteiger partial charge in [-0.1, -0.05) is 12.1 Å². The molecule has 32 heavy (non-hydrogen) atoms. The summed E-state index contributed by atoms with van der Waals surface area (Å²) in [5.41, 5.74) is 0.946. The predicted molar refractivity (Wildman–Crippen MR) is 118 cm³/mol. The number of halogens is 1. The summed E-state index contributed by atoms with van der Waals surface area (Å²) in [4.78, 5) is 45.1. The average Bonchev–Trinajstić information content (AvgIpc) is 3.20. The Labute approximate surface area is 189 Å². The summed E-state index contributed by atoms with van der Waals surface area (Å²) in [5, 5.41) is 0. The molecular formula is C24H33FN4O3. The number of likely N-dealkylation sites (tertiary alicyclic amines) is 2. The molecule has 4 rings (SSSR count). The van der Waals surface area contributed by atoms with E-state index in [-0.39, 0.29) is 29.5 Å². The molecule has 3 saturated heterocycles. The number of rotatable bonds is 7. The first-order valence-corrected chi connectivity index (χ1v) is 11.8. The van der Waals surface area contributed by atoms with E-state index in [0.29, 0.717) is 58.5 Å². The van der Waals surface area contributed by atoms with Gasteiger partial charge in [0.05, 0.1) is 5.92 Å². The molecule has 0 N–H and O–H groups in total. The summed E-state index contributed by atoms with van der Waals surface area (Å²) in [7, 11) is 0. The van der Waals surface area contributed by atoms with Crippen molar-refractivity contribution in [2.75, 3.05) is 52.4 Å². The van der Waals surface area contributed by atoms with Crippen LogP contribution in [0.1, 0.15) is 37.7 Å². The second-order valence-corrected chi connectivity index (χ2v) is 9.14. The van der Waals surface area contributed by atoms with Gasteiger partial charge in [-0.25, -0.2) is 4.39 Å². The zero-order chi connectivity index (χ0) is 22.5. The second kappa shape index (κ2) is 10.4. The zero-order valence-corrected chi connectivity index (χ0v) is 18.7. The first kappa shape index (κ1) is 22.7. The van der Waals surface area contributed by atoms with Gasteiger partial charge in [-0.2, -0.15) is 0 Å². The van der Waals surface area contributed by atoms with Crippen molar-refractivity contribution in [1.82, 2.24) is 19.6 Å². The molecule has 0 aliphatic carbocycles. The van der Waals surface area contributed by atoms with Gasteiger partial charge in [0.15, 0.2) is 0 Å². The summed E-state index contributed by atoms with van der Waals surface area (Å²) in [5.74, 6) is 0.0968. The Morgan fingerprint density at radius 2 is 1.72 bits per heavy atom. The van der Waals surface area contributed by atoms with Crippen molar-refractivity contribution >= 4 is 17.7 Å². The van der Waals surface area contributed by atoms with Crippen molar-refractivity contribution < 1.29 is 18.8 Å². The van der Waals surface area contributed by atoms with Gasteiger partial charge in [0, 0.05) is 71.7 Å². The lowest BCUT2D eigenvalue weighted by Crippen LogP contribution is -2.53. The van der Waals surface area contributed by atoms with E-state index >= 15 is 0 Å². The Hall–Kier alpha value is -2.48. The van der Waals surface area contributed by atoms with Gasteiger partial charge >= 0.3 is 0 Å². The maximum Gasteiger partial charge on any atom is 0.227 e. The Balaban J connectivity index is 1.22. The van der Waals surface area contributed by atoms with E-state index in [0.717, 1.165) is 38.0 Å². The van der Waals surface area contributed by atoms with E-state index in [9.17, 15) is 18.8 Å². The summed E-state index contributed by atoms with van der Waals surface area (Å²) < 4.78 is 13.4. The van der Waals surface area contributed by atoms with E-state index in [2.05, 4.69) is 4.90 Å². The van der Waals surface area contributed by atoms with Crippen LogP contribution >= 0.6 is 0 Å². The minimum atomic E-state index is -0.222. The van der Waals surface area contributed by atoms with Gasteiger partial charge < -0.3 is 14.7 Å². The molecular weight excluding hydrogens is 411 g/mol. The van der Waals surface area contributed by atoms with Gasteiger partial charge in [-0.15, -0.1) is 0 Å². The lowest BCUT2D eigenvalue weighted by atomic mass is 9.95. The van der Waals surface area contributed by atoms with Crippen molar-refractivity contribution in [3.8, 4) is 0 Å². The van der Waals surface area contributed by atoms with Crippen LogP contribution in [-0.4, -0.2) is 89.7 Å². The Bertz CT molecular complexity index is 840. The van der Waals surface area contributed by atoms with Crippen LogP contribution in [-0.2, 0) is 20.9 Å². The summed E-state index contributed by atoms with van der Waals surface area (Å²) in [6.07, 6.45) is 3.35. The number of piperazine rings is 1. The quantitative estimate of drug-likeness (QED) is 0.643. The highest BCUT2D eigenvalue weighted by Crippen LogP contribution is 2.22. The van der Waals surface area contributed by atoms with Crippen LogP contribution in [0.5, 0.6) is 0 Å². The van der Waals surface area contributed by atoms with Gasteiger partial charge in [0.2, 0.25) is 17.7 Å². The number of hydrogen-bond acceptors (Lipinski definition) is 4. The first-order valence-electron chi connectivity index (χ1n) is 11.8. The molecule has 3 fully saturated rings. The highest BCUT2D eigenvalue weighted by Gasteiger charge is 2.34. The SMILES string of the molecule is O=C1CCCN1CCCN1C[C@H](C(=O)N2CCN(Cc3cccc(F)c3)CC2)CCC1=O. The second-order valence-electron chi connectivity index (χ2n) is 9.14. The fraction of sp³-hybridized carbons (Fsp3) is 0.625. The molecule has 3 heterocycles. The zero-order valence-electron chi connectivity index (χ0n) is 18.7. The standard InChI is InChI=1S/C24H33FN4O3/c25-21-5-1-4-19(16-21)17-26-12-14-28(15-13-26)24(32)20-7-8-23(31)29(18-20)11-3-10-27-9-2-6-22(27)30/h1,4-5,16,20H,2-3,6-15,17-18H2/t20-/m1/s1. The molecule has 3 aliphatic heterocycles. The third kappa shape index (κ3) is 5.65. The Morgan fingerprint density at radius 3 is 2.44 bits per heavy atom. The summed E-state index contributed by atoms with van der Waals surface area (Å²) in [6.45, 7) is 6.13. The molecule has 0 unspecified atom stereocenters. The van der Waals surface area contributed by atoms with Crippen molar-refractivity contribution in [2.45, 2.75) is 38.6 Å². The third-order valence-electron chi connectivity index (χ3n) is 6.86. The van der Waals surface area contributed by atoms with Crippen molar-refractivity contribution in [1.29, 1.82) is 0 Å². The number of carbonyl (C=O) groups excluding carboxylic acids is 3. The van der Waals surface area contributed by atoms with Crippen molar-refractivity contribution in [3.63, 3.8) is 0 Å². The van der Waals surface area contributed by atoms with E-state index < -0.39 is 0 Å². The largest absolute Gasteiger partial charge is 0.343 e. The molecule has 7 nitrogen and oxygen atoms in total. The molecule has 0 spiro atoms. The molecule has 0 radical (unpaired) electrons. The number of hydrogen-bond donors (Lipinski definition) is 0. The van der Waals surface area contributed by atoms with Gasteiger partial charge in [-0.05, 0) is 37.0 Å². The van der Waals surface area contributed by atoms with Crippen molar-refractivity contribution in [2.24, 2.45) is 5.92 Å². The highest BCUT2D eigenvalue weighted by atomic mass is 19.1. The molecule has 3 amide bonds. The molecule has 1 aromatic carbocycles. The molecule has 0 bridgehead atoms. The molecule has 3 aliphatic rings. The van der Waals surface area contributed by atoms with E-state index in [1.807, 2.05) is 20.8 Å². The number of benzene rings is 1. The Kier molecular flexibility index (Phi) is 7.40. The van der Waals surface area contributed by atoms with E-state index in [1.165, 1.54) is 6.07 Å². The number of carbonyl (C=O) groups is 3. The van der Waals surface area contributed by atoms with Gasteiger partial charge in [0.25, 0.3) is 0 Å². The van der Waals surface area contributed by atoms with Crippen LogP contribution in [0.2, 0.25) is 0 Å². The normalized spacial score (nSPS) is 22.7. The van der Waals surface area contributed by atoms with Crippen LogP contribution < -0.4 is 0 Å². The first-order chi connectivity index (χ1) is 15.5. The van der Waals surface area contributed by atoms with Crippen LogP contribution in [0.4, 0.5) is 4.39 Å². The van der Waals surface area contributed by atoms with Gasteiger partial charge in [0.1, 0.15) is 5.82 Å². The minimum absolute atomic E-state index is 0.113. The minimum Gasteiger partial charge on any atom is -0.343 e. The number of amides is 3. The molecule has 1 atom stereocenters. The van der Waals surface area contributed by atoms with Crippen LogP contribution in [0.3, 0.4) is 0 Å². The predicted octanol–water partition coefficient (Wildman–Crippen LogP) is 1.72. The molecule has 8 heteroatoms. The Morgan fingerprint density at radius 1 is 0.969 bits per heavy atom. The molecule has 1 aromatic rings. The molecule has 174 valence electrons. The fourth-order valence-corrected chi connectivity index (χ4v) is 5.00. The molecule has 0 saturated carbocycles. The smallest absolute Gasteiger partial charge is 0.227 e. The maximum absolute atomic E-state index is 13.4. The number of piperidine rings is 1. The van der Waals surface area contributed by atoms with E-state index in [4.69, 9.17) is 0 Å². The lowest BCUT2D eigenvalue weighted by molar-refractivity contribution is -0.144. The van der Waals surface area contributed by atoms with Crippen LogP contribution in [0, 0.1) is 11.7 Å². The van der Waals surface area contributed by atoms with Gasteiger partial charge in [-0.3, -0.25) is 19.3 Å². The topological polar surface area (TPSA) is 64.2 Å². The monoisotopic (exact) mass is 444 g/mol. The lowest BCUT2D eigenvalue weighted by Gasteiger charge is -2.39.